The molecule has 1 heterocycles. The third-order valence-electron chi connectivity index (χ3n) is 2.28. The number of rotatable bonds is 2. The van der Waals surface area contributed by atoms with Gasteiger partial charge in [0.05, 0.1) is 6.10 Å². The lowest BCUT2D eigenvalue weighted by atomic mass is 10.1. The van der Waals surface area contributed by atoms with Crippen molar-refractivity contribution in [2.24, 2.45) is 0 Å². The Labute approximate surface area is 101 Å². The van der Waals surface area contributed by atoms with E-state index in [1.54, 1.807) is 27.7 Å². The van der Waals surface area contributed by atoms with Crippen LogP contribution in [-0.4, -0.2) is 52.8 Å². The fourth-order valence-corrected chi connectivity index (χ4v) is 1.46. The second-order valence-electron chi connectivity index (χ2n) is 5.26. The molecular formula is C11H20N2O4. The monoisotopic (exact) mass is 244 g/mol. The van der Waals surface area contributed by atoms with E-state index in [2.05, 4.69) is 5.32 Å². The molecule has 1 aliphatic rings. The molecule has 1 fully saturated rings. The lowest BCUT2D eigenvalue weighted by Gasteiger charge is -2.37. The Bertz CT molecular complexity index is 305. The van der Waals surface area contributed by atoms with Gasteiger partial charge in [-0.05, 0) is 27.7 Å². The second kappa shape index (κ2) is 4.91. The number of amides is 2. The van der Waals surface area contributed by atoms with E-state index in [-0.39, 0.29) is 5.91 Å². The molecule has 0 aromatic carbocycles. The summed E-state index contributed by atoms with van der Waals surface area (Å²) in [5, 5.41) is 11.5. The molecule has 0 saturated carbocycles. The van der Waals surface area contributed by atoms with Gasteiger partial charge in [-0.15, -0.1) is 0 Å². The summed E-state index contributed by atoms with van der Waals surface area (Å²) in [5.74, 6) is -0.207. The molecular weight excluding hydrogens is 224 g/mol. The van der Waals surface area contributed by atoms with Crippen LogP contribution in [0.2, 0.25) is 0 Å². The fourth-order valence-electron chi connectivity index (χ4n) is 1.46. The fraction of sp³-hybridized carbons (Fsp3) is 0.818. The molecule has 1 atom stereocenters. The molecule has 1 saturated heterocycles. The topological polar surface area (TPSA) is 78.9 Å². The van der Waals surface area contributed by atoms with Gasteiger partial charge in [0.15, 0.2) is 0 Å². The standard InChI is InChI=1S/C11H20N2O4/c1-7(9(15)13-5-8(14)6-13)12-10(16)17-11(2,3)4/h7-8,14H,5-6H2,1-4H3,(H,12,16). The van der Waals surface area contributed by atoms with E-state index in [0.717, 1.165) is 0 Å². The van der Waals surface area contributed by atoms with Crippen molar-refractivity contribution in [3.05, 3.63) is 0 Å². The first-order valence-electron chi connectivity index (χ1n) is 5.65. The van der Waals surface area contributed by atoms with Crippen molar-refractivity contribution >= 4 is 12.0 Å². The van der Waals surface area contributed by atoms with E-state index in [1.807, 2.05) is 0 Å². The van der Waals surface area contributed by atoms with Gasteiger partial charge in [-0.2, -0.15) is 0 Å². The Morgan fingerprint density at radius 2 is 1.94 bits per heavy atom. The molecule has 2 amide bonds. The number of hydrogen-bond donors (Lipinski definition) is 2. The number of hydrogen-bond acceptors (Lipinski definition) is 4. The van der Waals surface area contributed by atoms with Gasteiger partial charge in [-0.25, -0.2) is 4.79 Å². The zero-order valence-corrected chi connectivity index (χ0v) is 10.7. The van der Waals surface area contributed by atoms with Crippen molar-refractivity contribution in [3.63, 3.8) is 0 Å². The van der Waals surface area contributed by atoms with Crippen molar-refractivity contribution in [3.8, 4) is 0 Å². The number of aliphatic hydroxyl groups is 1. The van der Waals surface area contributed by atoms with E-state index in [4.69, 9.17) is 9.84 Å². The van der Waals surface area contributed by atoms with Gasteiger partial charge in [0.25, 0.3) is 0 Å². The number of likely N-dealkylation sites (tertiary alicyclic amines) is 1. The van der Waals surface area contributed by atoms with E-state index in [1.165, 1.54) is 4.90 Å². The van der Waals surface area contributed by atoms with E-state index in [9.17, 15) is 9.59 Å². The molecule has 1 rings (SSSR count). The highest BCUT2D eigenvalue weighted by molar-refractivity contribution is 5.85. The third-order valence-corrected chi connectivity index (χ3v) is 2.28. The lowest BCUT2D eigenvalue weighted by molar-refractivity contribution is -0.143. The molecule has 0 spiro atoms. The number of alkyl carbamates (subject to hydrolysis) is 1. The second-order valence-corrected chi connectivity index (χ2v) is 5.26. The molecule has 98 valence electrons. The molecule has 6 nitrogen and oxygen atoms in total. The van der Waals surface area contributed by atoms with Crippen molar-refractivity contribution in [2.75, 3.05) is 13.1 Å². The molecule has 0 radical (unpaired) electrons. The minimum absolute atomic E-state index is 0.207. The predicted molar refractivity (Wildman–Crippen MR) is 61.4 cm³/mol. The molecule has 2 N–H and O–H groups in total. The molecule has 0 aromatic rings. The van der Waals surface area contributed by atoms with Gasteiger partial charge in [0, 0.05) is 13.1 Å². The molecule has 1 unspecified atom stereocenters. The number of carbonyl (C=O) groups is 2. The summed E-state index contributed by atoms with van der Waals surface area (Å²) in [7, 11) is 0. The normalized spacial score (nSPS) is 18.3. The number of nitrogens with zero attached hydrogens (tertiary/aromatic N) is 1. The highest BCUT2D eigenvalue weighted by Gasteiger charge is 2.32. The van der Waals surface area contributed by atoms with Crippen molar-refractivity contribution < 1.29 is 19.4 Å². The van der Waals surface area contributed by atoms with Crippen LogP contribution in [0.15, 0.2) is 0 Å². The van der Waals surface area contributed by atoms with Crippen LogP contribution in [0.3, 0.4) is 0 Å². The van der Waals surface area contributed by atoms with Crippen LogP contribution < -0.4 is 5.32 Å². The Morgan fingerprint density at radius 1 is 1.41 bits per heavy atom. The van der Waals surface area contributed by atoms with Crippen LogP contribution in [0, 0.1) is 0 Å². The van der Waals surface area contributed by atoms with Gasteiger partial charge in [0.1, 0.15) is 11.6 Å². The average molecular weight is 244 g/mol. The number of aliphatic hydroxyl groups excluding tert-OH is 1. The summed E-state index contributed by atoms with van der Waals surface area (Å²) in [6, 6.07) is -0.641. The molecule has 1 aliphatic heterocycles. The minimum Gasteiger partial charge on any atom is -0.444 e. The quantitative estimate of drug-likeness (QED) is 0.722. The third kappa shape index (κ3) is 4.22. The van der Waals surface area contributed by atoms with Crippen LogP contribution in [0.4, 0.5) is 4.79 Å². The zero-order chi connectivity index (χ0) is 13.2. The highest BCUT2D eigenvalue weighted by Crippen LogP contribution is 2.10. The molecule has 6 heteroatoms. The summed E-state index contributed by atoms with van der Waals surface area (Å²) in [5.41, 5.74) is -0.584. The number of nitrogens with one attached hydrogen (secondary N) is 1. The predicted octanol–water partition coefficient (Wildman–Crippen LogP) is 0.103. The SMILES string of the molecule is CC(NC(=O)OC(C)(C)C)C(=O)N1CC(O)C1. The van der Waals surface area contributed by atoms with Crippen LogP contribution in [0.1, 0.15) is 27.7 Å². The maximum absolute atomic E-state index is 11.7. The van der Waals surface area contributed by atoms with Gasteiger partial charge in [0.2, 0.25) is 5.91 Å². The molecule has 0 aliphatic carbocycles. The Morgan fingerprint density at radius 3 is 2.35 bits per heavy atom. The Balaban J connectivity index is 2.36. The van der Waals surface area contributed by atoms with Gasteiger partial charge in [-0.3, -0.25) is 4.79 Å². The highest BCUT2D eigenvalue weighted by atomic mass is 16.6. The van der Waals surface area contributed by atoms with Gasteiger partial charge in [-0.1, -0.05) is 0 Å². The summed E-state index contributed by atoms with van der Waals surface area (Å²) in [6.45, 7) is 7.52. The van der Waals surface area contributed by atoms with Crippen LogP contribution >= 0.6 is 0 Å². The summed E-state index contributed by atoms with van der Waals surface area (Å²) in [6.07, 6.45) is -1.05. The van der Waals surface area contributed by atoms with Crippen molar-refractivity contribution in [1.29, 1.82) is 0 Å². The summed E-state index contributed by atoms with van der Waals surface area (Å²) in [4.78, 5) is 24.6. The van der Waals surface area contributed by atoms with E-state index in [0.29, 0.717) is 13.1 Å². The number of β-amino-alcohol motifs (C(OH)–C–C–N with tert-alkyl or cyclic N) is 1. The Hall–Kier alpha value is -1.30. The maximum atomic E-state index is 11.7. The van der Waals surface area contributed by atoms with Crippen LogP contribution in [-0.2, 0) is 9.53 Å². The summed E-state index contributed by atoms with van der Waals surface area (Å²) >= 11 is 0. The summed E-state index contributed by atoms with van der Waals surface area (Å²) < 4.78 is 5.04. The largest absolute Gasteiger partial charge is 0.444 e. The minimum atomic E-state index is -0.641. The Kier molecular flexibility index (Phi) is 3.98. The molecule has 0 bridgehead atoms. The smallest absolute Gasteiger partial charge is 0.408 e. The first-order chi connectivity index (χ1) is 7.69. The van der Waals surface area contributed by atoms with E-state index < -0.39 is 23.8 Å². The van der Waals surface area contributed by atoms with E-state index >= 15 is 0 Å². The van der Waals surface area contributed by atoms with Gasteiger partial charge < -0.3 is 20.1 Å². The molecule has 17 heavy (non-hydrogen) atoms. The average Bonchev–Trinajstić information content (AvgIpc) is 2.08. The maximum Gasteiger partial charge on any atom is 0.408 e. The van der Waals surface area contributed by atoms with Crippen LogP contribution in [0.5, 0.6) is 0 Å². The lowest BCUT2D eigenvalue weighted by Crippen LogP contribution is -2.58. The number of ether oxygens (including phenoxy) is 1. The van der Waals surface area contributed by atoms with Gasteiger partial charge >= 0.3 is 6.09 Å². The van der Waals surface area contributed by atoms with Crippen LogP contribution in [0.25, 0.3) is 0 Å². The first-order valence-corrected chi connectivity index (χ1v) is 5.65. The number of carbonyl (C=O) groups excluding carboxylic acids is 2. The zero-order valence-electron chi connectivity index (χ0n) is 10.7. The van der Waals surface area contributed by atoms with Crippen molar-refractivity contribution in [1.82, 2.24) is 10.2 Å². The first kappa shape index (κ1) is 13.8. The molecule has 0 aromatic heterocycles. The van der Waals surface area contributed by atoms with Crippen molar-refractivity contribution in [2.45, 2.75) is 45.4 Å².